The van der Waals surface area contributed by atoms with E-state index < -0.39 is 0 Å². The predicted octanol–water partition coefficient (Wildman–Crippen LogP) is 2.17. The average Bonchev–Trinajstić information content (AvgIpc) is 2.85. The first-order chi connectivity index (χ1) is 8.25. The molecule has 0 saturated carbocycles. The molecule has 1 aromatic carbocycles. The molecule has 0 unspecified atom stereocenters. The van der Waals surface area contributed by atoms with Crippen LogP contribution in [0, 0.1) is 5.82 Å². The van der Waals surface area contributed by atoms with E-state index in [1.54, 1.807) is 12.1 Å². The molecule has 1 aliphatic rings. The summed E-state index contributed by atoms with van der Waals surface area (Å²) in [6.45, 7) is 2.33. The average molecular weight is 236 g/mol. The fraction of sp³-hybridized carbons (Fsp3) is 0.462. The van der Waals surface area contributed by atoms with Crippen molar-refractivity contribution >= 4 is 6.03 Å². The number of benzene rings is 1. The van der Waals surface area contributed by atoms with E-state index in [-0.39, 0.29) is 11.8 Å². The molecule has 1 aliphatic heterocycles. The summed E-state index contributed by atoms with van der Waals surface area (Å²) in [5.74, 6) is -0.227. The van der Waals surface area contributed by atoms with Gasteiger partial charge in [-0.05, 0) is 37.0 Å². The van der Waals surface area contributed by atoms with Crippen molar-refractivity contribution in [3.05, 3.63) is 35.6 Å². The molecule has 0 radical (unpaired) electrons. The molecule has 1 N–H and O–H groups in total. The third kappa shape index (κ3) is 3.44. The first kappa shape index (κ1) is 11.9. The zero-order valence-electron chi connectivity index (χ0n) is 9.79. The zero-order valence-corrected chi connectivity index (χ0v) is 9.79. The van der Waals surface area contributed by atoms with Crippen LogP contribution in [-0.4, -0.2) is 30.6 Å². The maximum atomic E-state index is 12.7. The molecule has 0 bridgehead atoms. The molecule has 2 rings (SSSR count). The van der Waals surface area contributed by atoms with E-state index in [1.165, 1.54) is 12.1 Å². The molecule has 0 atom stereocenters. The fourth-order valence-electron chi connectivity index (χ4n) is 2.00. The Hall–Kier alpha value is -1.58. The maximum Gasteiger partial charge on any atom is 0.317 e. The van der Waals surface area contributed by atoms with Crippen LogP contribution in [0.5, 0.6) is 0 Å². The molecule has 1 saturated heterocycles. The normalized spacial score (nSPS) is 15.0. The van der Waals surface area contributed by atoms with Crippen molar-refractivity contribution in [2.45, 2.75) is 19.3 Å². The highest BCUT2D eigenvalue weighted by molar-refractivity contribution is 5.74. The Labute approximate surface area is 101 Å². The zero-order chi connectivity index (χ0) is 12.1. The summed E-state index contributed by atoms with van der Waals surface area (Å²) in [6.07, 6.45) is 2.94. The lowest BCUT2D eigenvalue weighted by atomic mass is 10.1. The van der Waals surface area contributed by atoms with Crippen molar-refractivity contribution < 1.29 is 9.18 Å². The van der Waals surface area contributed by atoms with Crippen LogP contribution in [0.2, 0.25) is 0 Å². The monoisotopic (exact) mass is 236 g/mol. The van der Waals surface area contributed by atoms with Crippen LogP contribution < -0.4 is 5.32 Å². The number of halogens is 1. The number of hydrogen-bond donors (Lipinski definition) is 1. The van der Waals surface area contributed by atoms with Gasteiger partial charge in [0.25, 0.3) is 0 Å². The molecule has 1 aromatic rings. The van der Waals surface area contributed by atoms with E-state index in [0.717, 1.165) is 37.9 Å². The Morgan fingerprint density at radius 1 is 1.24 bits per heavy atom. The lowest BCUT2D eigenvalue weighted by Gasteiger charge is -2.16. The minimum Gasteiger partial charge on any atom is -0.338 e. The Morgan fingerprint density at radius 3 is 2.53 bits per heavy atom. The quantitative estimate of drug-likeness (QED) is 0.857. The number of rotatable bonds is 3. The summed E-state index contributed by atoms with van der Waals surface area (Å²) in [7, 11) is 0. The van der Waals surface area contributed by atoms with Crippen molar-refractivity contribution in [2.24, 2.45) is 0 Å². The second-order valence-corrected chi connectivity index (χ2v) is 4.30. The summed E-state index contributed by atoms with van der Waals surface area (Å²) in [5.41, 5.74) is 1.04. The minimum atomic E-state index is -0.227. The van der Waals surface area contributed by atoms with Crippen LogP contribution in [0.25, 0.3) is 0 Å². The van der Waals surface area contributed by atoms with E-state index >= 15 is 0 Å². The van der Waals surface area contributed by atoms with Gasteiger partial charge in [0.15, 0.2) is 0 Å². The van der Waals surface area contributed by atoms with E-state index in [0.29, 0.717) is 6.54 Å². The SMILES string of the molecule is O=C(NCCc1ccc(F)cc1)N1CCCC1. The van der Waals surface area contributed by atoms with Gasteiger partial charge in [0.1, 0.15) is 5.82 Å². The first-order valence-electron chi connectivity index (χ1n) is 6.03. The summed E-state index contributed by atoms with van der Waals surface area (Å²) < 4.78 is 12.7. The third-order valence-electron chi connectivity index (χ3n) is 3.00. The molecule has 1 heterocycles. The summed E-state index contributed by atoms with van der Waals surface area (Å²) in [4.78, 5) is 13.5. The van der Waals surface area contributed by atoms with Crippen LogP contribution in [0.4, 0.5) is 9.18 Å². The summed E-state index contributed by atoms with van der Waals surface area (Å²) in [5, 5.41) is 2.88. The van der Waals surface area contributed by atoms with Crippen molar-refractivity contribution in [2.75, 3.05) is 19.6 Å². The van der Waals surface area contributed by atoms with E-state index in [1.807, 2.05) is 4.90 Å². The number of hydrogen-bond acceptors (Lipinski definition) is 1. The lowest BCUT2D eigenvalue weighted by molar-refractivity contribution is 0.209. The molecule has 1 fully saturated rings. The Balaban J connectivity index is 1.72. The number of carbonyl (C=O) groups is 1. The lowest BCUT2D eigenvalue weighted by Crippen LogP contribution is -2.38. The van der Waals surface area contributed by atoms with Gasteiger partial charge < -0.3 is 10.2 Å². The first-order valence-corrected chi connectivity index (χ1v) is 6.03. The van der Waals surface area contributed by atoms with Crippen LogP contribution in [0.1, 0.15) is 18.4 Å². The van der Waals surface area contributed by atoms with Gasteiger partial charge in [-0.3, -0.25) is 0 Å². The fourth-order valence-corrected chi connectivity index (χ4v) is 2.00. The van der Waals surface area contributed by atoms with Crippen LogP contribution in [0.3, 0.4) is 0 Å². The van der Waals surface area contributed by atoms with Gasteiger partial charge in [-0.25, -0.2) is 9.18 Å². The van der Waals surface area contributed by atoms with Gasteiger partial charge in [-0.1, -0.05) is 12.1 Å². The van der Waals surface area contributed by atoms with Crippen molar-refractivity contribution in [1.29, 1.82) is 0 Å². The van der Waals surface area contributed by atoms with Gasteiger partial charge in [0.05, 0.1) is 0 Å². The molecule has 0 aliphatic carbocycles. The highest BCUT2D eigenvalue weighted by Gasteiger charge is 2.16. The second-order valence-electron chi connectivity index (χ2n) is 4.30. The minimum absolute atomic E-state index is 0.0182. The second kappa shape index (κ2) is 5.66. The van der Waals surface area contributed by atoms with Gasteiger partial charge in [-0.2, -0.15) is 0 Å². The largest absolute Gasteiger partial charge is 0.338 e. The van der Waals surface area contributed by atoms with Crippen LogP contribution in [0.15, 0.2) is 24.3 Å². The summed E-state index contributed by atoms with van der Waals surface area (Å²) in [6, 6.07) is 6.40. The Kier molecular flexibility index (Phi) is 3.96. The number of nitrogens with zero attached hydrogens (tertiary/aromatic N) is 1. The summed E-state index contributed by atoms with van der Waals surface area (Å²) >= 11 is 0. The molecule has 0 aromatic heterocycles. The van der Waals surface area contributed by atoms with E-state index in [4.69, 9.17) is 0 Å². The molecular formula is C13H17FN2O. The predicted molar refractivity (Wildman–Crippen MR) is 64.3 cm³/mol. The Morgan fingerprint density at radius 2 is 1.88 bits per heavy atom. The Bertz CT molecular complexity index is 372. The molecule has 3 nitrogen and oxygen atoms in total. The molecule has 0 spiro atoms. The van der Waals surface area contributed by atoms with Gasteiger partial charge in [-0.15, -0.1) is 0 Å². The van der Waals surface area contributed by atoms with Gasteiger partial charge in [0.2, 0.25) is 0 Å². The topological polar surface area (TPSA) is 32.3 Å². The van der Waals surface area contributed by atoms with Crippen molar-refractivity contribution in [1.82, 2.24) is 10.2 Å². The maximum absolute atomic E-state index is 12.7. The molecule has 4 heteroatoms. The van der Waals surface area contributed by atoms with Crippen molar-refractivity contribution in [3.8, 4) is 0 Å². The van der Waals surface area contributed by atoms with Crippen molar-refractivity contribution in [3.63, 3.8) is 0 Å². The smallest absolute Gasteiger partial charge is 0.317 e. The van der Waals surface area contributed by atoms with Crippen LogP contribution in [-0.2, 0) is 6.42 Å². The van der Waals surface area contributed by atoms with Crippen LogP contribution >= 0.6 is 0 Å². The molecular weight excluding hydrogens is 219 g/mol. The molecule has 17 heavy (non-hydrogen) atoms. The number of urea groups is 1. The number of amides is 2. The number of carbonyl (C=O) groups excluding carboxylic acids is 1. The number of likely N-dealkylation sites (tertiary alicyclic amines) is 1. The van der Waals surface area contributed by atoms with E-state index in [9.17, 15) is 9.18 Å². The highest BCUT2D eigenvalue weighted by atomic mass is 19.1. The number of nitrogens with one attached hydrogen (secondary N) is 1. The third-order valence-corrected chi connectivity index (χ3v) is 3.00. The van der Waals surface area contributed by atoms with E-state index in [2.05, 4.69) is 5.32 Å². The van der Waals surface area contributed by atoms with Gasteiger partial charge >= 0.3 is 6.03 Å². The molecule has 92 valence electrons. The molecule has 2 amide bonds. The standard InChI is InChI=1S/C13H17FN2O/c14-12-5-3-11(4-6-12)7-8-15-13(17)16-9-1-2-10-16/h3-6H,1-2,7-10H2,(H,15,17). The van der Waals surface area contributed by atoms with Gasteiger partial charge in [0, 0.05) is 19.6 Å². The highest BCUT2D eigenvalue weighted by Crippen LogP contribution is 2.07.